The van der Waals surface area contributed by atoms with Crippen LogP contribution in [0.1, 0.15) is 19.8 Å². The van der Waals surface area contributed by atoms with Crippen LogP contribution >= 0.6 is 0 Å². The molecule has 21 heavy (non-hydrogen) atoms. The first kappa shape index (κ1) is 15.0. The lowest BCUT2D eigenvalue weighted by Gasteiger charge is -2.40. The summed E-state index contributed by atoms with van der Waals surface area (Å²) in [7, 11) is 1.34. The fraction of sp³-hybridized carbons (Fsp3) is 0.538. The van der Waals surface area contributed by atoms with Gasteiger partial charge in [0, 0.05) is 24.7 Å². The van der Waals surface area contributed by atoms with E-state index in [-0.39, 0.29) is 11.4 Å². The molecule has 2 rings (SSSR count). The van der Waals surface area contributed by atoms with Crippen LogP contribution in [0.3, 0.4) is 0 Å². The van der Waals surface area contributed by atoms with E-state index in [0.717, 1.165) is 31.6 Å². The zero-order chi connectivity index (χ0) is 15.5. The number of hydrogen-bond donors (Lipinski definition) is 1. The van der Waals surface area contributed by atoms with Gasteiger partial charge in [-0.3, -0.25) is 0 Å². The molecule has 8 heteroatoms. The Labute approximate surface area is 122 Å². The highest BCUT2D eigenvalue weighted by molar-refractivity contribution is 5.68. The summed E-state index contributed by atoms with van der Waals surface area (Å²) < 4.78 is 4.63. The number of aromatic nitrogens is 1. The molecule has 8 nitrogen and oxygen atoms in total. The third kappa shape index (κ3) is 3.59. The first-order valence-electron chi connectivity index (χ1n) is 6.65. The molecule has 0 aliphatic carbocycles. The van der Waals surface area contributed by atoms with Crippen molar-refractivity contribution in [2.24, 2.45) is 0 Å². The van der Waals surface area contributed by atoms with Crippen LogP contribution in [0.5, 0.6) is 0 Å². The number of ether oxygens (including phenoxy) is 1. The van der Waals surface area contributed by atoms with Gasteiger partial charge in [-0.05, 0) is 35.7 Å². The lowest BCUT2D eigenvalue weighted by atomic mass is 9.89. The zero-order valence-electron chi connectivity index (χ0n) is 12.0. The first-order chi connectivity index (χ1) is 9.93. The summed E-state index contributed by atoms with van der Waals surface area (Å²) in [5.41, 5.74) is 0.554. The molecule has 1 aromatic heterocycles. The van der Waals surface area contributed by atoms with Gasteiger partial charge in [0.1, 0.15) is 0 Å². The molecular weight excluding hydrogens is 276 g/mol. The van der Waals surface area contributed by atoms with Crippen LogP contribution in [-0.2, 0) is 4.74 Å². The Kier molecular flexibility index (Phi) is 4.25. The molecule has 1 saturated heterocycles. The third-order valence-corrected chi connectivity index (χ3v) is 3.74. The molecule has 114 valence electrons. The second-order valence-electron chi connectivity index (χ2n) is 5.30. The molecular formula is C13H18N4O4. The number of nitro groups is 1. The second kappa shape index (κ2) is 5.94. The molecule has 0 radical (unpaired) electrons. The van der Waals surface area contributed by atoms with Gasteiger partial charge in [-0.2, -0.15) is 0 Å². The molecule has 2 heterocycles. The van der Waals surface area contributed by atoms with Crippen molar-refractivity contribution in [3.05, 3.63) is 28.4 Å². The van der Waals surface area contributed by atoms with E-state index in [4.69, 9.17) is 0 Å². The summed E-state index contributed by atoms with van der Waals surface area (Å²) in [6.45, 7) is 3.45. The summed E-state index contributed by atoms with van der Waals surface area (Å²) in [5, 5.41) is 13.4. The molecule has 0 spiro atoms. The Morgan fingerprint density at radius 2 is 2.14 bits per heavy atom. The van der Waals surface area contributed by atoms with Crippen molar-refractivity contribution in [2.45, 2.75) is 25.3 Å². The minimum absolute atomic E-state index is 0.159. The van der Waals surface area contributed by atoms with Crippen molar-refractivity contribution in [2.75, 3.05) is 25.1 Å². The average molecular weight is 294 g/mol. The predicted octanol–water partition coefficient (Wildman–Crippen LogP) is 1.70. The molecule has 0 unspecified atom stereocenters. The van der Waals surface area contributed by atoms with Crippen molar-refractivity contribution in [1.29, 1.82) is 0 Å². The predicted molar refractivity (Wildman–Crippen MR) is 76.3 cm³/mol. The number of amides is 1. The highest BCUT2D eigenvalue weighted by Crippen LogP contribution is 2.26. The number of nitrogens with zero attached hydrogens (tertiary/aromatic N) is 3. The Bertz CT molecular complexity index is 523. The van der Waals surface area contributed by atoms with Crippen LogP contribution in [0.2, 0.25) is 0 Å². The van der Waals surface area contributed by atoms with Gasteiger partial charge in [-0.1, -0.05) is 0 Å². The number of methoxy groups -OCH3 is 1. The van der Waals surface area contributed by atoms with Gasteiger partial charge < -0.3 is 25.1 Å². The minimum atomic E-state index is -0.517. The highest BCUT2D eigenvalue weighted by Gasteiger charge is 2.32. The van der Waals surface area contributed by atoms with Crippen LogP contribution in [0.4, 0.5) is 16.3 Å². The van der Waals surface area contributed by atoms with Gasteiger partial charge in [0.25, 0.3) is 0 Å². The largest absolute Gasteiger partial charge is 0.453 e. The first-order valence-corrected chi connectivity index (χ1v) is 6.65. The SMILES string of the molecule is COC(=O)NC1(C)CCN(c2ccc([N+](=O)[O-])nc2)CC1. The van der Waals surface area contributed by atoms with Crippen LogP contribution in [-0.4, -0.2) is 41.7 Å². The normalized spacial score (nSPS) is 17.1. The van der Waals surface area contributed by atoms with E-state index in [9.17, 15) is 14.9 Å². The monoisotopic (exact) mass is 294 g/mol. The average Bonchev–Trinajstić information content (AvgIpc) is 2.47. The molecule has 0 atom stereocenters. The van der Waals surface area contributed by atoms with Crippen LogP contribution in [0.25, 0.3) is 0 Å². The number of anilines is 1. The summed E-state index contributed by atoms with van der Waals surface area (Å²) in [6.07, 6.45) is 2.61. The number of hydrogen-bond acceptors (Lipinski definition) is 6. The van der Waals surface area contributed by atoms with Gasteiger partial charge in [-0.25, -0.2) is 4.79 Å². The molecule has 1 amide bonds. The molecule has 0 bridgehead atoms. The number of alkyl carbamates (subject to hydrolysis) is 1. The summed E-state index contributed by atoms with van der Waals surface area (Å²) >= 11 is 0. The van der Waals surface area contributed by atoms with Crippen LogP contribution < -0.4 is 10.2 Å². The minimum Gasteiger partial charge on any atom is -0.453 e. The van der Waals surface area contributed by atoms with E-state index in [1.807, 2.05) is 6.92 Å². The van der Waals surface area contributed by atoms with Gasteiger partial charge in [0.15, 0.2) is 6.20 Å². The fourth-order valence-electron chi connectivity index (χ4n) is 2.35. The summed E-state index contributed by atoms with van der Waals surface area (Å²) in [4.78, 5) is 27.3. The van der Waals surface area contributed by atoms with Crippen molar-refractivity contribution in [3.63, 3.8) is 0 Å². The third-order valence-electron chi connectivity index (χ3n) is 3.74. The lowest BCUT2D eigenvalue weighted by molar-refractivity contribution is -0.389. The molecule has 0 aromatic carbocycles. The van der Waals surface area contributed by atoms with Crippen molar-refractivity contribution >= 4 is 17.6 Å². The summed E-state index contributed by atoms with van der Waals surface area (Å²) in [5.74, 6) is -0.159. The zero-order valence-corrected chi connectivity index (χ0v) is 12.0. The van der Waals surface area contributed by atoms with Crippen molar-refractivity contribution in [1.82, 2.24) is 10.3 Å². The Morgan fingerprint density at radius 1 is 1.48 bits per heavy atom. The smallest absolute Gasteiger partial charge is 0.407 e. The number of pyridine rings is 1. The van der Waals surface area contributed by atoms with E-state index in [1.54, 1.807) is 6.07 Å². The second-order valence-corrected chi connectivity index (χ2v) is 5.30. The molecule has 1 aliphatic rings. The number of rotatable bonds is 3. The van der Waals surface area contributed by atoms with E-state index in [1.165, 1.54) is 19.4 Å². The van der Waals surface area contributed by atoms with Gasteiger partial charge in [0.05, 0.1) is 12.8 Å². The topological polar surface area (TPSA) is 97.6 Å². The maximum atomic E-state index is 11.3. The van der Waals surface area contributed by atoms with Gasteiger partial charge in [0.2, 0.25) is 0 Å². The lowest BCUT2D eigenvalue weighted by Crippen LogP contribution is -2.53. The number of piperidine rings is 1. The van der Waals surface area contributed by atoms with Crippen molar-refractivity contribution < 1.29 is 14.5 Å². The van der Waals surface area contributed by atoms with E-state index >= 15 is 0 Å². The van der Waals surface area contributed by atoms with Crippen LogP contribution in [0.15, 0.2) is 18.3 Å². The van der Waals surface area contributed by atoms with E-state index in [2.05, 4.69) is 19.9 Å². The number of carbonyl (C=O) groups is 1. The Balaban J connectivity index is 1.97. The Hall–Kier alpha value is -2.38. The van der Waals surface area contributed by atoms with E-state index < -0.39 is 11.0 Å². The summed E-state index contributed by atoms with van der Waals surface area (Å²) in [6, 6.07) is 3.09. The Morgan fingerprint density at radius 3 is 2.62 bits per heavy atom. The molecule has 0 saturated carbocycles. The standard InChI is InChI=1S/C13H18N4O4/c1-13(15-12(18)21-2)5-7-16(8-6-13)10-3-4-11(14-9-10)17(19)20/h3-4,9H,5-8H2,1-2H3,(H,15,18). The quantitative estimate of drug-likeness (QED) is 0.673. The fourth-order valence-corrected chi connectivity index (χ4v) is 2.35. The maximum Gasteiger partial charge on any atom is 0.407 e. The highest BCUT2D eigenvalue weighted by atomic mass is 16.6. The number of carbonyl (C=O) groups excluding carboxylic acids is 1. The number of nitrogens with one attached hydrogen (secondary N) is 1. The van der Waals surface area contributed by atoms with Gasteiger partial charge in [-0.15, -0.1) is 0 Å². The molecule has 1 fully saturated rings. The van der Waals surface area contributed by atoms with Crippen LogP contribution in [0, 0.1) is 10.1 Å². The van der Waals surface area contributed by atoms with Gasteiger partial charge >= 0.3 is 11.9 Å². The van der Waals surface area contributed by atoms with E-state index in [0.29, 0.717) is 0 Å². The molecule has 1 N–H and O–H groups in total. The maximum absolute atomic E-state index is 11.3. The molecule has 1 aromatic rings. The molecule has 1 aliphatic heterocycles. The van der Waals surface area contributed by atoms with Crippen molar-refractivity contribution in [3.8, 4) is 0 Å².